The van der Waals surface area contributed by atoms with Gasteiger partial charge in [0.1, 0.15) is 5.82 Å². The second-order valence-electron chi connectivity index (χ2n) is 3.37. The Labute approximate surface area is 85.8 Å². The minimum Gasteiger partial charge on any atom is -0.598 e. The van der Waals surface area contributed by atoms with Gasteiger partial charge in [-0.05, 0) is 18.6 Å². The highest BCUT2D eigenvalue weighted by Gasteiger charge is 2.28. The van der Waals surface area contributed by atoms with E-state index in [-0.39, 0.29) is 11.1 Å². The first-order chi connectivity index (χ1) is 6.77. The quantitative estimate of drug-likeness (QED) is 0.723. The summed E-state index contributed by atoms with van der Waals surface area (Å²) < 4.78 is 27.2. The van der Waals surface area contributed by atoms with Crippen LogP contribution in [0.5, 0.6) is 0 Å². The molecule has 1 aliphatic rings. The van der Waals surface area contributed by atoms with Crippen molar-refractivity contribution in [2.75, 3.05) is 6.54 Å². The number of halogens is 1. The lowest BCUT2D eigenvalue weighted by Gasteiger charge is -2.25. The van der Waals surface area contributed by atoms with Crippen molar-refractivity contribution in [2.45, 2.75) is 18.1 Å². The molecule has 76 valence electrons. The zero-order chi connectivity index (χ0) is 9.97. The van der Waals surface area contributed by atoms with E-state index in [1.165, 1.54) is 12.1 Å². The van der Waals surface area contributed by atoms with E-state index in [0.29, 0.717) is 0 Å². The smallest absolute Gasteiger partial charge is 0.160 e. The molecule has 0 aliphatic carbocycles. The van der Waals surface area contributed by atoms with E-state index in [1.807, 2.05) is 0 Å². The van der Waals surface area contributed by atoms with Crippen molar-refractivity contribution in [2.24, 2.45) is 0 Å². The van der Waals surface area contributed by atoms with E-state index >= 15 is 0 Å². The van der Waals surface area contributed by atoms with Crippen molar-refractivity contribution < 1.29 is 8.94 Å². The molecule has 1 fully saturated rings. The summed E-state index contributed by atoms with van der Waals surface area (Å²) in [6.07, 6.45) is 1.93. The molecule has 0 aromatic heterocycles. The van der Waals surface area contributed by atoms with E-state index < -0.39 is 11.4 Å². The molecule has 0 amide bonds. The summed E-state index contributed by atoms with van der Waals surface area (Å²) in [5.74, 6) is -0.247. The molecule has 2 atom stereocenters. The lowest BCUT2D eigenvalue weighted by atomic mass is 10.1. The minimum absolute atomic E-state index is 0.0179. The summed E-state index contributed by atoms with van der Waals surface area (Å²) in [5.41, 5.74) is 0.955. The molecule has 1 aliphatic heterocycles. The highest BCUT2D eigenvalue weighted by Crippen LogP contribution is 2.29. The zero-order valence-corrected chi connectivity index (χ0v) is 8.52. The summed E-state index contributed by atoms with van der Waals surface area (Å²) in [7, 11) is 0. The molecule has 1 saturated heterocycles. The topological polar surface area (TPSA) is 35.1 Å². The fraction of sp³-hybridized carbons (Fsp3) is 0.400. The van der Waals surface area contributed by atoms with Gasteiger partial charge < -0.3 is 4.55 Å². The van der Waals surface area contributed by atoms with Gasteiger partial charge in [-0.25, -0.2) is 4.39 Å². The largest absolute Gasteiger partial charge is 0.598 e. The van der Waals surface area contributed by atoms with Gasteiger partial charge in [0.2, 0.25) is 0 Å². The highest BCUT2D eigenvalue weighted by molar-refractivity contribution is 7.89. The average molecular weight is 213 g/mol. The number of hydrogen-bond donors (Lipinski definition) is 1. The number of nitrogens with one attached hydrogen (secondary N) is 1. The standard InChI is InChI=1S/C10H12FNOS/c11-9-5-3-8(4-6-9)10-2-1-7-12-14(10)13/h3-6,10,12H,1-2,7H2. The molecule has 14 heavy (non-hydrogen) atoms. The molecule has 1 aromatic rings. The maximum atomic E-state index is 12.7. The molecule has 0 spiro atoms. The first kappa shape index (κ1) is 9.96. The van der Waals surface area contributed by atoms with Gasteiger partial charge in [0.05, 0.1) is 0 Å². The summed E-state index contributed by atoms with van der Waals surface area (Å²) in [6, 6.07) is 6.26. The van der Waals surface area contributed by atoms with Crippen LogP contribution in [0.1, 0.15) is 23.7 Å². The van der Waals surface area contributed by atoms with Gasteiger partial charge in [0.15, 0.2) is 5.25 Å². The molecule has 2 rings (SSSR count). The summed E-state index contributed by atoms with van der Waals surface area (Å²) in [4.78, 5) is 0. The van der Waals surface area contributed by atoms with Gasteiger partial charge in [-0.3, -0.25) is 0 Å². The van der Waals surface area contributed by atoms with Gasteiger partial charge in [0, 0.05) is 29.9 Å². The Morgan fingerprint density at radius 1 is 1.36 bits per heavy atom. The normalized spacial score (nSPS) is 27.6. The second kappa shape index (κ2) is 4.29. The van der Waals surface area contributed by atoms with Gasteiger partial charge in [0.25, 0.3) is 0 Å². The number of hydrogen-bond acceptors (Lipinski definition) is 2. The molecule has 1 heterocycles. The number of benzene rings is 1. The molecular formula is C10H12FNOS. The van der Waals surface area contributed by atoms with Crippen molar-refractivity contribution in [3.05, 3.63) is 35.6 Å². The SMILES string of the molecule is [O-][S+]1NCCCC1c1ccc(F)cc1. The van der Waals surface area contributed by atoms with E-state index in [0.717, 1.165) is 24.9 Å². The lowest BCUT2D eigenvalue weighted by Crippen LogP contribution is -2.34. The van der Waals surface area contributed by atoms with Crippen LogP contribution in [0.4, 0.5) is 4.39 Å². The fourth-order valence-electron chi connectivity index (χ4n) is 1.64. The lowest BCUT2D eigenvalue weighted by molar-refractivity contribution is 0.530. The Bertz CT molecular complexity index is 303. The van der Waals surface area contributed by atoms with Gasteiger partial charge >= 0.3 is 0 Å². The first-order valence-corrected chi connectivity index (χ1v) is 5.88. The average Bonchev–Trinajstić information content (AvgIpc) is 2.20. The maximum absolute atomic E-state index is 12.7. The summed E-state index contributed by atoms with van der Waals surface area (Å²) in [5, 5.41) is 0.0179. The molecule has 4 heteroatoms. The third kappa shape index (κ3) is 2.08. The van der Waals surface area contributed by atoms with E-state index in [9.17, 15) is 8.94 Å². The Morgan fingerprint density at radius 2 is 2.07 bits per heavy atom. The fourth-order valence-corrected chi connectivity index (χ4v) is 2.97. The van der Waals surface area contributed by atoms with Crippen molar-refractivity contribution in [3.8, 4) is 0 Å². The third-order valence-electron chi connectivity index (χ3n) is 2.39. The van der Waals surface area contributed by atoms with Crippen molar-refractivity contribution in [1.82, 2.24) is 4.72 Å². The van der Waals surface area contributed by atoms with Crippen molar-refractivity contribution in [1.29, 1.82) is 0 Å². The van der Waals surface area contributed by atoms with Crippen LogP contribution in [0, 0.1) is 5.82 Å². The van der Waals surface area contributed by atoms with Crippen molar-refractivity contribution >= 4 is 11.4 Å². The van der Waals surface area contributed by atoms with Crippen LogP contribution in [0.2, 0.25) is 0 Å². The molecule has 0 radical (unpaired) electrons. The zero-order valence-electron chi connectivity index (χ0n) is 7.70. The van der Waals surface area contributed by atoms with Crippen LogP contribution >= 0.6 is 0 Å². The molecule has 0 saturated carbocycles. The minimum atomic E-state index is -1.01. The predicted octanol–water partition coefficient (Wildman–Crippen LogP) is 1.91. The Kier molecular flexibility index (Phi) is 3.05. The van der Waals surface area contributed by atoms with Crippen molar-refractivity contribution in [3.63, 3.8) is 0 Å². The van der Waals surface area contributed by atoms with Crippen LogP contribution in [0.3, 0.4) is 0 Å². The molecule has 1 N–H and O–H groups in total. The van der Waals surface area contributed by atoms with Gasteiger partial charge in [-0.2, -0.15) is 0 Å². The highest BCUT2D eigenvalue weighted by atomic mass is 32.2. The van der Waals surface area contributed by atoms with E-state index in [1.54, 1.807) is 12.1 Å². The Hall–Kier alpha value is -0.580. The van der Waals surface area contributed by atoms with Gasteiger partial charge in [-0.15, -0.1) is 4.72 Å². The molecule has 1 aromatic carbocycles. The Morgan fingerprint density at radius 3 is 2.71 bits per heavy atom. The predicted molar refractivity (Wildman–Crippen MR) is 54.5 cm³/mol. The molecule has 0 bridgehead atoms. The summed E-state index contributed by atoms with van der Waals surface area (Å²) in [6.45, 7) is 0.810. The monoisotopic (exact) mass is 213 g/mol. The third-order valence-corrected chi connectivity index (χ3v) is 3.90. The second-order valence-corrected chi connectivity index (χ2v) is 4.83. The van der Waals surface area contributed by atoms with E-state index in [4.69, 9.17) is 0 Å². The molecule has 2 unspecified atom stereocenters. The van der Waals surface area contributed by atoms with Crippen LogP contribution in [0.25, 0.3) is 0 Å². The molecule has 2 nitrogen and oxygen atoms in total. The van der Waals surface area contributed by atoms with Crippen LogP contribution in [-0.2, 0) is 11.4 Å². The van der Waals surface area contributed by atoms with Crippen LogP contribution in [0.15, 0.2) is 24.3 Å². The summed E-state index contributed by atoms with van der Waals surface area (Å²) >= 11 is -1.01. The van der Waals surface area contributed by atoms with Crippen LogP contribution in [-0.4, -0.2) is 11.1 Å². The first-order valence-electron chi connectivity index (χ1n) is 4.67. The number of rotatable bonds is 1. The maximum Gasteiger partial charge on any atom is 0.160 e. The van der Waals surface area contributed by atoms with E-state index in [2.05, 4.69) is 4.72 Å². The van der Waals surface area contributed by atoms with Gasteiger partial charge in [-0.1, -0.05) is 12.1 Å². The molecular weight excluding hydrogens is 201 g/mol. The Balaban J connectivity index is 2.16. The van der Waals surface area contributed by atoms with Crippen LogP contribution < -0.4 is 4.72 Å².